The summed E-state index contributed by atoms with van der Waals surface area (Å²) in [5.41, 5.74) is 0.162. The predicted octanol–water partition coefficient (Wildman–Crippen LogP) is 2.27. The quantitative estimate of drug-likeness (QED) is 0.788. The van der Waals surface area contributed by atoms with Crippen LogP contribution in [0, 0.1) is 6.92 Å². The molecule has 2 rings (SSSR count). The Kier molecular flexibility index (Phi) is 4.19. The lowest BCUT2D eigenvalue weighted by molar-refractivity contribution is 0.00755. The molecule has 5 nitrogen and oxygen atoms in total. The third-order valence-corrected chi connectivity index (χ3v) is 4.08. The van der Waals surface area contributed by atoms with Gasteiger partial charge in [0.1, 0.15) is 0 Å². The van der Waals surface area contributed by atoms with Crippen LogP contribution in [0.15, 0.2) is 5.38 Å². The number of rotatable bonds is 3. The third-order valence-electron chi connectivity index (χ3n) is 3.20. The van der Waals surface area contributed by atoms with Crippen molar-refractivity contribution in [1.82, 2.24) is 10.3 Å². The van der Waals surface area contributed by atoms with Crippen LogP contribution in [0.4, 0.5) is 9.93 Å². The average Bonchev–Trinajstić information content (AvgIpc) is 2.73. The summed E-state index contributed by atoms with van der Waals surface area (Å²) in [7, 11) is 0. The summed E-state index contributed by atoms with van der Waals surface area (Å²) in [5.74, 6) is 0. The van der Waals surface area contributed by atoms with Crippen molar-refractivity contribution in [3.63, 3.8) is 0 Å². The number of hydrogen-bond donors (Lipinski definition) is 3. The molecule has 1 aliphatic rings. The van der Waals surface area contributed by atoms with Crippen molar-refractivity contribution in [2.24, 2.45) is 0 Å². The Hall–Kier alpha value is -1.14. The summed E-state index contributed by atoms with van der Waals surface area (Å²) in [5, 5.41) is 18.1. The van der Waals surface area contributed by atoms with Gasteiger partial charge in [-0.2, -0.15) is 0 Å². The van der Waals surface area contributed by atoms with Gasteiger partial charge in [0.15, 0.2) is 5.13 Å². The molecule has 0 aromatic carbocycles. The van der Waals surface area contributed by atoms with Gasteiger partial charge >= 0.3 is 6.03 Å². The standard InChI is InChI=1S/C12H19N3O2S/c1-9-7-18-11(14-9)15-10(16)13-8-12(17)5-3-2-4-6-12/h7,17H,2-6,8H2,1H3,(H2,13,14,15,16). The fourth-order valence-corrected chi connectivity index (χ4v) is 2.87. The maximum atomic E-state index is 11.6. The highest BCUT2D eigenvalue weighted by Gasteiger charge is 2.29. The van der Waals surface area contributed by atoms with Crippen LogP contribution >= 0.6 is 11.3 Å². The van der Waals surface area contributed by atoms with E-state index in [0.29, 0.717) is 11.7 Å². The van der Waals surface area contributed by atoms with Gasteiger partial charge < -0.3 is 10.4 Å². The minimum Gasteiger partial charge on any atom is -0.388 e. The van der Waals surface area contributed by atoms with Crippen molar-refractivity contribution < 1.29 is 9.90 Å². The fourth-order valence-electron chi connectivity index (χ4n) is 2.18. The molecular formula is C12H19N3O2S. The number of aryl methyl sites for hydroxylation is 1. The lowest BCUT2D eigenvalue weighted by Gasteiger charge is -2.31. The highest BCUT2D eigenvalue weighted by molar-refractivity contribution is 7.13. The van der Waals surface area contributed by atoms with Gasteiger partial charge in [0.05, 0.1) is 11.3 Å². The second kappa shape index (κ2) is 5.67. The third kappa shape index (κ3) is 3.68. The van der Waals surface area contributed by atoms with Crippen molar-refractivity contribution in [1.29, 1.82) is 0 Å². The monoisotopic (exact) mass is 269 g/mol. The number of aliphatic hydroxyl groups is 1. The van der Waals surface area contributed by atoms with Crippen LogP contribution in [0.1, 0.15) is 37.8 Å². The van der Waals surface area contributed by atoms with Crippen LogP contribution in [0.25, 0.3) is 0 Å². The Morgan fingerprint density at radius 3 is 2.83 bits per heavy atom. The summed E-state index contributed by atoms with van der Waals surface area (Å²) >= 11 is 1.39. The van der Waals surface area contributed by atoms with Crippen LogP contribution < -0.4 is 10.6 Å². The van der Waals surface area contributed by atoms with E-state index in [-0.39, 0.29) is 6.03 Å². The topological polar surface area (TPSA) is 74.2 Å². The van der Waals surface area contributed by atoms with E-state index in [1.165, 1.54) is 17.8 Å². The number of nitrogens with one attached hydrogen (secondary N) is 2. The van der Waals surface area contributed by atoms with Gasteiger partial charge in [-0.1, -0.05) is 19.3 Å². The first-order valence-corrected chi connectivity index (χ1v) is 7.15. The van der Waals surface area contributed by atoms with Gasteiger partial charge in [0.25, 0.3) is 0 Å². The van der Waals surface area contributed by atoms with E-state index in [4.69, 9.17) is 0 Å². The van der Waals surface area contributed by atoms with Gasteiger partial charge in [0, 0.05) is 11.9 Å². The molecule has 18 heavy (non-hydrogen) atoms. The molecule has 1 aromatic rings. The average molecular weight is 269 g/mol. The summed E-state index contributed by atoms with van der Waals surface area (Å²) in [6.45, 7) is 2.19. The molecule has 1 aliphatic carbocycles. The predicted molar refractivity (Wildman–Crippen MR) is 71.9 cm³/mol. The van der Waals surface area contributed by atoms with E-state index < -0.39 is 5.60 Å². The molecule has 1 heterocycles. The Balaban J connectivity index is 1.77. The number of nitrogens with zero attached hydrogens (tertiary/aromatic N) is 1. The number of amides is 2. The molecular weight excluding hydrogens is 250 g/mol. The Morgan fingerprint density at radius 1 is 1.50 bits per heavy atom. The zero-order valence-corrected chi connectivity index (χ0v) is 11.3. The summed E-state index contributed by atoms with van der Waals surface area (Å²) in [6.07, 6.45) is 4.77. The second-order valence-electron chi connectivity index (χ2n) is 4.89. The minimum atomic E-state index is -0.728. The maximum Gasteiger partial charge on any atom is 0.321 e. The number of hydrogen-bond acceptors (Lipinski definition) is 4. The lowest BCUT2D eigenvalue weighted by atomic mass is 9.85. The summed E-state index contributed by atoms with van der Waals surface area (Å²) in [4.78, 5) is 15.8. The van der Waals surface area contributed by atoms with Crippen molar-refractivity contribution in [2.75, 3.05) is 11.9 Å². The SMILES string of the molecule is Cc1csc(NC(=O)NCC2(O)CCCCC2)n1. The number of carbonyl (C=O) groups is 1. The van der Waals surface area contributed by atoms with E-state index in [0.717, 1.165) is 31.4 Å². The highest BCUT2D eigenvalue weighted by Crippen LogP contribution is 2.27. The molecule has 6 heteroatoms. The molecule has 100 valence electrons. The van der Waals surface area contributed by atoms with Crippen molar-refractivity contribution >= 4 is 22.5 Å². The molecule has 1 fully saturated rings. The van der Waals surface area contributed by atoms with Gasteiger partial charge in [-0.3, -0.25) is 5.32 Å². The largest absolute Gasteiger partial charge is 0.388 e. The molecule has 3 N–H and O–H groups in total. The van der Waals surface area contributed by atoms with Crippen molar-refractivity contribution in [3.8, 4) is 0 Å². The van der Waals surface area contributed by atoms with Gasteiger partial charge in [0.2, 0.25) is 0 Å². The molecule has 0 bridgehead atoms. The summed E-state index contributed by atoms with van der Waals surface area (Å²) in [6, 6.07) is -0.302. The molecule has 0 spiro atoms. The lowest BCUT2D eigenvalue weighted by Crippen LogP contribution is -2.45. The Bertz CT molecular complexity index is 413. The summed E-state index contributed by atoms with van der Waals surface area (Å²) < 4.78 is 0. The maximum absolute atomic E-state index is 11.6. The molecule has 0 unspecified atom stereocenters. The number of carbonyl (C=O) groups excluding carboxylic acids is 1. The van der Waals surface area contributed by atoms with E-state index in [2.05, 4.69) is 15.6 Å². The first kappa shape index (κ1) is 13.3. The fraction of sp³-hybridized carbons (Fsp3) is 0.667. The van der Waals surface area contributed by atoms with Gasteiger partial charge in [-0.15, -0.1) is 11.3 Å². The van der Waals surface area contributed by atoms with Crippen LogP contribution in [0.2, 0.25) is 0 Å². The highest BCUT2D eigenvalue weighted by atomic mass is 32.1. The number of anilines is 1. The molecule has 0 radical (unpaired) electrons. The number of thiazole rings is 1. The number of aromatic nitrogens is 1. The zero-order valence-electron chi connectivity index (χ0n) is 10.5. The number of urea groups is 1. The van der Waals surface area contributed by atoms with E-state index >= 15 is 0 Å². The first-order chi connectivity index (χ1) is 8.57. The molecule has 0 saturated heterocycles. The van der Waals surface area contributed by atoms with E-state index in [9.17, 15) is 9.90 Å². The molecule has 1 aromatic heterocycles. The van der Waals surface area contributed by atoms with Crippen LogP contribution in [-0.4, -0.2) is 28.3 Å². The normalized spacial score (nSPS) is 18.3. The van der Waals surface area contributed by atoms with Gasteiger partial charge in [-0.25, -0.2) is 9.78 Å². The first-order valence-electron chi connectivity index (χ1n) is 6.27. The van der Waals surface area contributed by atoms with Crippen molar-refractivity contribution in [2.45, 2.75) is 44.6 Å². The molecule has 1 saturated carbocycles. The smallest absolute Gasteiger partial charge is 0.321 e. The molecule has 2 amide bonds. The van der Waals surface area contributed by atoms with Crippen molar-refractivity contribution in [3.05, 3.63) is 11.1 Å². The van der Waals surface area contributed by atoms with E-state index in [1.54, 1.807) is 0 Å². The zero-order chi connectivity index (χ0) is 13.0. The van der Waals surface area contributed by atoms with Crippen LogP contribution in [-0.2, 0) is 0 Å². The molecule has 0 atom stereocenters. The minimum absolute atomic E-state index is 0.302. The Labute approximate surface area is 111 Å². The Morgan fingerprint density at radius 2 is 2.22 bits per heavy atom. The molecule has 0 aliphatic heterocycles. The van der Waals surface area contributed by atoms with E-state index in [1.807, 2.05) is 12.3 Å². The van der Waals surface area contributed by atoms with Gasteiger partial charge in [-0.05, 0) is 19.8 Å². The van der Waals surface area contributed by atoms with Crippen LogP contribution in [0.3, 0.4) is 0 Å². The second-order valence-corrected chi connectivity index (χ2v) is 5.74. The van der Waals surface area contributed by atoms with Crippen LogP contribution in [0.5, 0.6) is 0 Å².